The first kappa shape index (κ1) is 14.2. The summed E-state index contributed by atoms with van der Waals surface area (Å²) in [6.07, 6.45) is 0. The highest BCUT2D eigenvalue weighted by Gasteiger charge is 2.07. The van der Waals surface area contributed by atoms with E-state index in [1.807, 2.05) is 24.3 Å². The zero-order chi connectivity index (χ0) is 13.5. The van der Waals surface area contributed by atoms with Gasteiger partial charge in [0, 0.05) is 0 Å². The van der Waals surface area contributed by atoms with Crippen molar-refractivity contribution in [2.24, 2.45) is 0 Å². The molecule has 0 unspecified atom stereocenters. The van der Waals surface area contributed by atoms with Crippen molar-refractivity contribution >= 4 is 20.4 Å². The standard InChI is InChI=1S/2C8H9O.Mg/c2*1-7-5-3-4-6-8(7)9-2;/h2*3-6H,1H2,2H3;. The molecule has 2 rings (SSSR count). The molecule has 0 aliphatic heterocycles. The van der Waals surface area contributed by atoms with Crippen LogP contribution in [-0.4, -0.2) is 34.6 Å². The van der Waals surface area contributed by atoms with Crippen LogP contribution < -0.4 is 9.47 Å². The Bertz CT molecular complexity index is 478. The van der Waals surface area contributed by atoms with Gasteiger partial charge in [-0.3, -0.25) is 0 Å². The highest BCUT2D eigenvalue weighted by atomic mass is 24.5. The molecule has 0 spiro atoms. The Morgan fingerprint density at radius 2 is 1.16 bits per heavy atom. The molecule has 96 valence electrons. The van der Waals surface area contributed by atoms with E-state index < -0.39 is 0 Å². The minimum absolute atomic E-state index is 0.207. The van der Waals surface area contributed by atoms with Crippen molar-refractivity contribution in [3.8, 4) is 11.5 Å². The molecule has 0 bridgehead atoms. The monoisotopic (exact) mass is 266 g/mol. The van der Waals surface area contributed by atoms with Gasteiger partial charge in [0.05, 0.1) is 14.2 Å². The molecule has 0 saturated heterocycles. The molecule has 0 aromatic heterocycles. The third kappa shape index (κ3) is 3.88. The van der Waals surface area contributed by atoms with E-state index in [0.29, 0.717) is 0 Å². The molecule has 0 aliphatic rings. The molecular formula is C16H18MgO2. The Hall–Kier alpha value is -1.19. The molecule has 3 heteroatoms. The molecule has 0 amide bonds. The van der Waals surface area contributed by atoms with Gasteiger partial charge in [-0.15, -0.1) is 9.10 Å². The second-order valence-electron chi connectivity index (χ2n) is 4.48. The topological polar surface area (TPSA) is 18.5 Å². The van der Waals surface area contributed by atoms with E-state index >= 15 is 0 Å². The van der Waals surface area contributed by atoms with Gasteiger partial charge in [-0.1, -0.05) is 36.4 Å². The minimum Gasteiger partial charge on any atom is -0.497 e. The van der Waals surface area contributed by atoms with Crippen LogP contribution in [0.2, 0.25) is 0 Å². The van der Waals surface area contributed by atoms with Crippen LogP contribution in [0.3, 0.4) is 0 Å². The van der Waals surface area contributed by atoms with Crippen LogP contribution in [-0.2, 0) is 9.10 Å². The van der Waals surface area contributed by atoms with Crippen molar-refractivity contribution in [3.05, 3.63) is 59.7 Å². The molecule has 0 fully saturated rings. The highest BCUT2D eigenvalue weighted by Crippen LogP contribution is 2.20. The molecule has 2 aromatic rings. The van der Waals surface area contributed by atoms with Gasteiger partial charge in [0.2, 0.25) is 0 Å². The van der Waals surface area contributed by atoms with E-state index in [-0.39, 0.29) is 20.4 Å². The maximum absolute atomic E-state index is 5.39. The van der Waals surface area contributed by atoms with Gasteiger partial charge in [-0.2, -0.15) is 0 Å². The Kier molecular flexibility index (Phi) is 5.54. The lowest BCUT2D eigenvalue weighted by atomic mass is 10.2. The zero-order valence-corrected chi connectivity index (χ0v) is 13.0. The summed E-state index contributed by atoms with van der Waals surface area (Å²) in [5, 5.41) is 0. The first-order chi connectivity index (χ1) is 9.35. The van der Waals surface area contributed by atoms with Crippen molar-refractivity contribution in [2.75, 3.05) is 14.2 Å². The lowest BCUT2D eigenvalue weighted by Gasteiger charge is -2.09. The van der Waals surface area contributed by atoms with E-state index in [9.17, 15) is 0 Å². The summed E-state index contributed by atoms with van der Waals surface area (Å²) >= 11 is -0.207. The van der Waals surface area contributed by atoms with Crippen molar-refractivity contribution in [3.63, 3.8) is 0 Å². The van der Waals surface area contributed by atoms with Gasteiger partial charge in [-0.05, 0) is 23.3 Å². The number of rotatable bonds is 6. The summed E-state index contributed by atoms with van der Waals surface area (Å²) in [6.45, 7) is 0. The van der Waals surface area contributed by atoms with Crippen molar-refractivity contribution in [2.45, 2.75) is 9.10 Å². The lowest BCUT2D eigenvalue weighted by molar-refractivity contribution is 0.410. The normalized spacial score (nSPS) is 9.79. The predicted molar refractivity (Wildman–Crippen MR) is 79.2 cm³/mol. The Labute approximate surface area is 124 Å². The zero-order valence-electron chi connectivity index (χ0n) is 11.6. The molecule has 0 radical (unpaired) electrons. The van der Waals surface area contributed by atoms with E-state index in [4.69, 9.17) is 9.47 Å². The van der Waals surface area contributed by atoms with Crippen LogP contribution in [0, 0.1) is 0 Å². The maximum Gasteiger partial charge on any atom is 0.377 e. The highest BCUT2D eigenvalue weighted by molar-refractivity contribution is 6.34. The van der Waals surface area contributed by atoms with Crippen molar-refractivity contribution in [1.82, 2.24) is 0 Å². The molecule has 0 heterocycles. The average molecular weight is 267 g/mol. The molecule has 0 aliphatic carbocycles. The number of para-hydroxylation sites is 2. The van der Waals surface area contributed by atoms with E-state index in [1.165, 1.54) is 11.1 Å². The van der Waals surface area contributed by atoms with Gasteiger partial charge in [-0.25, -0.2) is 0 Å². The summed E-state index contributed by atoms with van der Waals surface area (Å²) in [5.41, 5.74) is 2.65. The van der Waals surface area contributed by atoms with Crippen LogP contribution in [0.5, 0.6) is 11.5 Å². The van der Waals surface area contributed by atoms with Crippen molar-refractivity contribution in [1.29, 1.82) is 0 Å². The molecule has 0 saturated carbocycles. The predicted octanol–water partition coefficient (Wildman–Crippen LogP) is 3.11. The van der Waals surface area contributed by atoms with Crippen molar-refractivity contribution < 1.29 is 9.47 Å². The minimum atomic E-state index is -0.207. The number of ether oxygens (including phenoxy) is 2. The fraction of sp³-hybridized carbons (Fsp3) is 0.250. The summed E-state index contributed by atoms with van der Waals surface area (Å²) in [4.78, 5) is 0. The fourth-order valence-corrected chi connectivity index (χ4v) is 4.05. The first-order valence-electron chi connectivity index (χ1n) is 6.59. The second-order valence-corrected chi connectivity index (χ2v) is 6.18. The number of hydrogen-bond acceptors (Lipinski definition) is 2. The van der Waals surface area contributed by atoms with Gasteiger partial charge >= 0.3 is 20.4 Å². The van der Waals surface area contributed by atoms with Crippen LogP contribution in [0.25, 0.3) is 0 Å². The number of methoxy groups -OCH3 is 2. The van der Waals surface area contributed by atoms with Crippen LogP contribution in [0.1, 0.15) is 11.1 Å². The van der Waals surface area contributed by atoms with Gasteiger partial charge < -0.3 is 9.47 Å². The van der Waals surface area contributed by atoms with Crippen LogP contribution in [0.4, 0.5) is 0 Å². The van der Waals surface area contributed by atoms with Crippen LogP contribution in [0.15, 0.2) is 48.5 Å². The first-order valence-corrected chi connectivity index (χ1v) is 8.59. The summed E-state index contributed by atoms with van der Waals surface area (Å²) < 4.78 is 13.1. The Morgan fingerprint density at radius 1 is 0.737 bits per heavy atom. The lowest BCUT2D eigenvalue weighted by Crippen LogP contribution is -2.04. The van der Waals surface area contributed by atoms with Gasteiger partial charge in [0.25, 0.3) is 0 Å². The quantitative estimate of drug-likeness (QED) is 0.748. The average Bonchev–Trinajstić information content (AvgIpc) is 2.48. The molecule has 19 heavy (non-hydrogen) atoms. The molecule has 2 aromatic carbocycles. The molecule has 2 nitrogen and oxygen atoms in total. The fourth-order valence-electron chi connectivity index (χ4n) is 2.29. The van der Waals surface area contributed by atoms with E-state index in [1.54, 1.807) is 14.2 Å². The molecule has 0 atom stereocenters. The third-order valence-corrected chi connectivity index (χ3v) is 5.06. The second kappa shape index (κ2) is 7.41. The number of hydrogen-bond donors (Lipinski definition) is 0. The SMILES string of the molecule is COc1ccccc1[CH2][Mg][CH2]c1ccccc1OC. The Balaban J connectivity index is 1.96. The molecule has 0 N–H and O–H groups in total. The smallest absolute Gasteiger partial charge is 0.377 e. The van der Waals surface area contributed by atoms with E-state index in [2.05, 4.69) is 24.3 Å². The number of benzene rings is 2. The maximum atomic E-state index is 5.39. The van der Waals surface area contributed by atoms with Gasteiger partial charge in [0.1, 0.15) is 11.5 Å². The summed E-state index contributed by atoms with van der Waals surface area (Å²) in [5.74, 6) is 2.02. The van der Waals surface area contributed by atoms with E-state index in [0.717, 1.165) is 20.6 Å². The van der Waals surface area contributed by atoms with Crippen LogP contribution >= 0.6 is 0 Å². The summed E-state index contributed by atoms with van der Waals surface area (Å²) in [6, 6.07) is 16.6. The summed E-state index contributed by atoms with van der Waals surface area (Å²) in [7, 11) is 3.47. The molecular weight excluding hydrogens is 248 g/mol. The third-order valence-electron chi connectivity index (χ3n) is 3.28. The Morgan fingerprint density at radius 3 is 1.58 bits per heavy atom. The van der Waals surface area contributed by atoms with Gasteiger partial charge in [0.15, 0.2) is 0 Å². The largest absolute Gasteiger partial charge is 0.497 e.